The predicted octanol–water partition coefficient (Wildman–Crippen LogP) is 4.56. The van der Waals surface area contributed by atoms with Crippen LogP contribution in [0.4, 0.5) is 0 Å². The molecule has 0 unspecified atom stereocenters. The third kappa shape index (κ3) is 4.16. The molecule has 0 radical (unpaired) electrons. The summed E-state index contributed by atoms with van der Waals surface area (Å²) >= 11 is 0. The lowest BCUT2D eigenvalue weighted by Crippen LogP contribution is -2.19. The van der Waals surface area contributed by atoms with E-state index in [9.17, 15) is 4.79 Å². The molecule has 4 heteroatoms. The number of ether oxygens (including phenoxy) is 1. The summed E-state index contributed by atoms with van der Waals surface area (Å²) in [6.45, 7) is 5.90. The van der Waals surface area contributed by atoms with Crippen molar-refractivity contribution in [2.45, 2.75) is 6.92 Å². The third-order valence-electron chi connectivity index (χ3n) is 3.98. The van der Waals surface area contributed by atoms with Gasteiger partial charge in [-0.05, 0) is 53.6 Å². The van der Waals surface area contributed by atoms with E-state index in [0.29, 0.717) is 17.9 Å². The number of fused-ring (bicyclic) bond motifs is 1. The van der Waals surface area contributed by atoms with Gasteiger partial charge in [0.25, 0.3) is 5.91 Å². The van der Waals surface area contributed by atoms with Crippen LogP contribution in [0.15, 0.2) is 84.5 Å². The minimum Gasteiger partial charge on any atom is -0.490 e. The number of carbonyl (C=O) groups is 1. The molecule has 0 spiro atoms. The number of nitrogens with one attached hydrogen (secondary N) is 1. The first-order valence-electron chi connectivity index (χ1n) is 8.35. The average molecular weight is 344 g/mol. The molecular weight excluding hydrogens is 324 g/mol. The van der Waals surface area contributed by atoms with Gasteiger partial charge in [-0.25, -0.2) is 5.43 Å². The molecule has 1 N–H and O–H groups in total. The van der Waals surface area contributed by atoms with Crippen LogP contribution in [-0.4, -0.2) is 18.2 Å². The molecule has 1 amide bonds. The van der Waals surface area contributed by atoms with Gasteiger partial charge in [0.1, 0.15) is 12.4 Å². The lowest BCUT2D eigenvalue weighted by Gasteiger charge is -2.06. The minimum atomic E-state index is -0.264. The van der Waals surface area contributed by atoms with Crippen molar-refractivity contribution in [2.75, 3.05) is 6.61 Å². The zero-order valence-corrected chi connectivity index (χ0v) is 14.6. The van der Waals surface area contributed by atoms with Crippen molar-refractivity contribution in [3.63, 3.8) is 0 Å². The van der Waals surface area contributed by atoms with E-state index in [1.54, 1.807) is 30.3 Å². The highest BCUT2D eigenvalue weighted by molar-refractivity contribution is 6.03. The molecule has 3 aromatic carbocycles. The Morgan fingerprint density at radius 1 is 1.04 bits per heavy atom. The monoisotopic (exact) mass is 344 g/mol. The van der Waals surface area contributed by atoms with Crippen molar-refractivity contribution in [3.8, 4) is 5.75 Å². The molecule has 0 aliphatic rings. The molecule has 0 bridgehead atoms. The molecule has 0 heterocycles. The first kappa shape index (κ1) is 17.4. The van der Waals surface area contributed by atoms with E-state index in [4.69, 9.17) is 4.74 Å². The molecule has 4 nitrogen and oxygen atoms in total. The Hall–Kier alpha value is -3.40. The van der Waals surface area contributed by atoms with E-state index in [0.717, 1.165) is 16.7 Å². The van der Waals surface area contributed by atoms with Crippen molar-refractivity contribution >= 4 is 22.4 Å². The van der Waals surface area contributed by atoms with Crippen LogP contribution in [0.25, 0.3) is 10.8 Å². The van der Waals surface area contributed by atoms with Crippen LogP contribution in [0.3, 0.4) is 0 Å². The van der Waals surface area contributed by atoms with Crippen molar-refractivity contribution in [1.29, 1.82) is 0 Å². The van der Waals surface area contributed by atoms with Gasteiger partial charge in [-0.3, -0.25) is 4.79 Å². The van der Waals surface area contributed by atoms with Crippen molar-refractivity contribution in [2.24, 2.45) is 5.10 Å². The molecule has 3 rings (SSSR count). The first-order valence-corrected chi connectivity index (χ1v) is 8.35. The van der Waals surface area contributed by atoms with Crippen molar-refractivity contribution in [1.82, 2.24) is 5.43 Å². The highest BCUT2D eigenvalue weighted by Crippen LogP contribution is 2.16. The normalized spacial score (nSPS) is 11.2. The fourth-order valence-corrected chi connectivity index (χ4v) is 2.54. The van der Waals surface area contributed by atoms with Gasteiger partial charge in [0.2, 0.25) is 0 Å². The molecule has 0 saturated carbocycles. The number of amides is 1. The summed E-state index contributed by atoms with van der Waals surface area (Å²) in [5, 5.41) is 6.53. The fraction of sp³-hybridized carbons (Fsp3) is 0.0909. The zero-order chi connectivity index (χ0) is 18.4. The fourth-order valence-electron chi connectivity index (χ4n) is 2.54. The second-order valence-corrected chi connectivity index (χ2v) is 5.82. The van der Waals surface area contributed by atoms with Crippen LogP contribution < -0.4 is 10.2 Å². The van der Waals surface area contributed by atoms with Gasteiger partial charge >= 0.3 is 0 Å². The van der Waals surface area contributed by atoms with E-state index in [2.05, 4.69) is 35.3 Å². The van der Waals surface area contributed by atoms with Gasteiger partial charge in [0.05, 0.1) is 5.71 Å². The number of carbonyl (C=O) groups excluding carboxylic acids is 1. The second-order valence-electron chi connectivity index (χ2n) is 5.82. The van der Waals surface area contributed by atoms with Gasteiger partial charge in [0, 0.05) is 5.56 Å². The maximum atomic E-state index is 12.2. The Morgan fingerprint density at radius 2 is 1.73 bits per heavy atom. The molecule has 0 aliphatic heterocycles. The van der Waals surface area contributed by atoms with Gasteiger partial charge < -0.3 is 4.74 Å². The third-order valence-corrected chi connectivity index (χ3v) is 3.98. The quantitative estimate of drug-likeness (QED) is 0.405. The smallest absolute Gasteiger partial charge is 0.271 e. The summed E-state index contributed by atoms with van der Waals surface area (Å²) in [7, 11) is 0. The molecule has 130 valence electrons. The Balaban J connectivity index is 1.69. The highest BCUT2D eigenvalue weighted by Gasteiger charge is 2.06. The molecule has 0 aromatic heterocycles. The summed E-state index contributed by atoms with van der Waals surface area (Å²) in [5.41, 5.74) is 4.83. The van der Waals surface area contributed by atoms with E-state index >= 15 is 0 Å². The zero-order valence-electron chi connectivity index (χ0n) is 14.6. The summed E-state index contributed by atoms with van der Waals surface area (Å²) < 4.78 is 5.40. The van der Waals surface area contributed by atoms with Crippen LogP contribution >= 0.6 is 0 Å². The largest absolute Gasteiger partial charge is 0.490 e. The molecule has 0 fully saturated rings. The number of hydrazone groups is 1. The first-order chi connectivity index (χ1) is 12.7. The maximum absolute atomic E-state index is 12.2. The lowest BCUT2D eigenvalue weighted by atomic mass is 10.0. The summed E-state index contributed by atoms with van der Waals surface area (Å²) in [6, 6.07) is 21.1. The molecular formula is C22H20N2O2. The molecule has 0 saturated heterocycles. The Morgan fingerprint density at radius 3 is 2.46 bits per heavy atom. The minimum absolute atomic E-state index is 0.264. The Labute approximate surface area is 152 Å². The summed E-state index contributed by atoms with van der Waals surface area (Å²) in [6.07, 6.45) is 1.67. The van der Waals surface area contributed by atoms with E-state index in [-0.39, 0.29) is 5.91 Å². The molecule has 3 aromatic rings. The van der Waals surface area contributed by atoms with Gasteiger partial charge in [-0.1, -0.05) is 49.1 Å². The number of nitrogens with zero attached hydrogens (tertiary/aromatic N) is 1. The topological polar surface area (TPSA) is 50.7 Å². The standard InChI is InChI=1S/C22H20N2O2/c1-3-14-26-21-12-10-18(11-13-21)22(25)24-23-16(2)19-9-8-17-6-4-5-7-20(17)15-19/h3-13,15H,1,14H2,2H3,(H,24,25). The van der Waals surface area contributed by atoms with Gasteiger partial charge in [0.15, 0.2) is 0 Å². The molecule has 0 atom stereocenters. The predicted molar refractivity (Wildman–Crippen MR) is 106 cm³/mol. The molecule has 26 heavy (non-hydrogen) atoms. The van der Waals surface area contributed by atoms with Crippen LogP contribution in [0, 0.1) is 0 Å². The second kappa shape index (κ2) is 8.12. The van der Waals surface area contributed by atoms with E-state index in [1.165, 1.54) is 5.39 Å². The van der Waals surface area contributed by atoms with Crippen molar-refractivity contribution in [3.05, 3.63) is 90.5 Å². The SMILES string of the molecule is C=CCOc1ccc(C(=O)NN=C(C)c2ccc3ccccc3c2)cc1. The number of hydrogen-bond acceptors (Lipinski definition) is 3. The number of benzene rings is 3. The maximum Gasteiger partial charge on any atom is 0.271 e. The molecule has 0 aliphatic carbocycles. The summed E-state index contributed by atoms with van der Waals surface area (Å²) in [5.74, 6) is 0.428. The number of rotatable bonds is 6. The van der Waals surface area contributed by atoms with Crippen molar-refractivity contribution < 1.29 is 9.53 Å². The lowest BCUT2D eigenvalue weighted by molar-refractivity contribution is 0.0955. The van der Waals surface area contributed by atoms with E-state index in [1.807, 2.05) is 31.2 Å². The highest BCUT2D eigenvalue weighted by atomic mass is 16.5. The average Bonchev–Trinajstić information content (AvgIpc) is 2.70. The van der Waals surface area contributed by atoms with Crippen LogP contribution in [0.2, 0.25) is 0 Å². The van der Waals surface area contributed by atoms with Gasteiger partial charge in [-0.15, -0.1) is 0 Å². The van der Waals surface area contributed by atoms with Crippen LogP contribution in [0.1, 0.15) is 22.8 Å². The number of hydrogen-bond donors (Lipinski definition) is 1. The van der Waals surface area contributed by atoms with Crippen LogP contribution in [-0.2, 0) is 0 Å². The van der Waals surface area contributed by atoms with E-state index < -0.39 is 0 Å². The Bertz CT molecular complexity index is 959. The van der Waals surface area contributed by atoms with Crippen LogP contribution in [0.5, 0.6) is 5.75 Å². The van der Waals surface area contributed by atoms with Gasteiger partial charge in [-0.2, -0.15) is 5.10 Å². The summed E-state index contributed by atoms with van der Waals surface area (Å²) in [4.78, 5) is 12.2. The Kier molecular flexibility index (Phi) is 5.44.